The Hall–Kier alpha value is -0.780. The van der Waals surface area contributed by atoms with E-state index in [0.29, 0.717) is 0 Å². The first-order valence-corrected chi connectivity index (χ1v) is 5.62. The van der Waals surface area contributed by atoms with Crippen molar-refractivity contribution < 1.29 is 9.47 Å². The molecule has 0 N–H and O–H groups in total. The summed E-state index contributed by atoms with van der Waals surface area (Å²) in [6.07, 6.45) is 9.31. The van der Waals surface area contributed by atoms with Crippen LogP contribution in [0.3, 0.4) is 0 Å². The van der Waals surface area contributed by atoms with Crippen LogP contribution >= 0.6 is 0 Å². The van der Waals surface area contributed by atoms with Gasteiger partial charge in [-0.2, -0.15) is 0 Å². The summed E-state index contributed by atoms with van der Waals surface area (Å²) in [6.45, 7) is 11.9. The van der Waals surface area contributed by atoms with E-state index in [1.165, 1.54) is 0 Å². The van der Waals surface area contributed by atoms with Crippen LogP contribution in [-0.4, -0.2) is 17.5 Å². The molecular formula is C14H22O2. The van der Waals surface area contributed by atoms with Crippen LogP contribution in [0.5, 0.6) is 0 Å². The van der Waals surface area contributed by atoms with Gasteiger partial charge in [0.15, 0.2) is 6.29 Å². The Labute approximate surface area is 99.0 Å². The molecule has 0 aromatic heterocycles. The molecule has 0 spiro atoms. The minimum absolute atomic E-state index is 0.163. The molecule has 0 aromatic rings. The number of ether oxygens (including phenoxy) is 2. The highest BCUT2D eigenvalue weighted by Gasteiger charge is 2.40. The zero-order valence-electron chi connectivity index (χ0n) is 11.1. The van der Waals surface area contributed by atoms with Crippen molar-refractivity contribution in [1.82, 2.24) is 0 Å². The summed E-state index contributed by atoms with van der Waals surface area (Å²) < 4.78 is 11.8. The van der Waals surface area contributed by atoms with E-state index in [0.717, 1.165) is 0 Å². The standard InChI is InChI=1S/C14H22O2/c1-8-13(4,5)15-11-12(2,3)9-10-14(6,7)16-11/h1,9-11H,2-7H3. The number of terminal acetylenes is 1. The van der Waals surface area contributed by atoms with Crippen molar-refractivity contribution in [2.45, 2.75) is 59.0 Å². The van der Waals surface area contributed by atoms with Crippen LogP contribution in [-0.2, 0) is 9.47 Å². The third-order valence-corrected chi connectivity index (χ3v) is 2.68. The van der Waals surface area contributed by atoms with E-state index in [-0.39, 0.29) is 17.3 Å². The van der Waals surface area contributed by atoms with Crippen molar-refractivity contribution in [3.8, 4) is 12.3 Å². The van der Waals surface area contributed by atoms with E-state index in [2.05, 4.69) is 31.9 Å². The molecule has 1 unspecified atom stereocenters. The molecule has 1 aliphatic heterocycles. The predicted octanol–water partition coefficient (Wildman–Crippen LogP) is 3.13. The van der Waals surface area contributed by atoms with Gasteiger partial charge in [0.05, 0.1) is 5.60 Å². The van der Waals surface area contributed by atoms with Crippen molar-refractivity contribution in [1.29, 1.82) is 0 Å². The highest BCUT2D eigenvalue weighted by atomic mass is 16.7. The van der Waals surface area contributed by atoms with Crippen molar-refractivity contribution >= 4 is 0 Å². The summed E-state index contributed by atoms with van der Waals surface area (Å²) in [4.78, 5) is 0. The second-order valence-electron chi connectivity index (χ2n) is 5.98. The maximum atomic E-state index is 5.92. The summed E-state index contributed by atoms with van der Waals surface area (Å²) in [6, 6.07) is 0. The van der Waals surface area contributed by atoms with Gasteiger partial charge in [-0.15, -0.1) is 6.42 Å². The molecule has 2 heteroatoms. The minimum atomic E-state index is -0.608. The van der Waals surface area contributed by atoms with Gasteiger partial charge in [0.25, 0.3) is 0 Å². The lowest BCUT2D eigenvalue weighted by molar-refractivity contribution is -0.258. The van der Waals surface area contributed by atoms with Crippen molar-refractivity contribution in [2.24, 2.45) is 5.41 Å². The fraction of sp³-hybridized carbons (Fsp3) is 0.714. The van der Waals surface area contributed by atoms with Gasteiger partial charge in [-0.05, 0) is 27.7 Å². The highest BCUT2D eigenvalue weighted by molar-refractivity contribution is 5.11. The topological polar surface area (TPSA) is 18.5 Å². The first-order valence-electron chi connectivity index (χ1n) is 5.62. The molecule has 1 atom stereocenters. The number of rotatable bonds is 2. The second-order valence-corrected chi connectivity index (χ2v) is 5.98. The molecule has 0 saturated carbocycles. The van der Waals surface area contributed by atoms with Gasteiger partial charge in [0.1, 0.15) is 5.60 Å². The Morgan fingerprint density at radius 3 is 2.31 bits per heavy atom. The lowest BCUT2D eigenvalue weighted by atomic mass is 9.86. The van der Waals surface area contributed by atoms with Crippen LogP contribution < -0.4 is 0 Å². The maximum absolute atomic E-state index is 5.92. The van der Waals surface area contributed by atoms with Gasteiger partial charge in [0, 0.05) is 5.41 Å². The number of hydrogen-bond acceptors (Lipinski definition) is 2. The van der Waals surface area contributed by atoms with E-state index in [4.69, 9.17) is 15.9 Å². The Bertz CT molecular complexity index is 329. The van der Waals surface area contributed by atoms with E-state index < -0.39 is 5.60 Å². The Kier molecular flexibility index (Phi) is 3.24. The Balaban J connectivity index is 2.89. The molecule has 0 aliphatic carbocycles. The fourth-order valence-corrected chi connectivity index (χ4v) is 1.44. The van der Waals surface area contributed by atoms with Gasteiger partial charge >= 0.3 is 0 Å². The monoisotopic (exact) mass is 222 g/mol. The van der Waals surface area contributed by atoms with Gasteiger partial charge in [-0.25, -0.2) is 0 Å². The average molecular weight is 222 g/mol. The first-order chi connectivity index (χ1) is 7.08. The molecule has 0 saturated heterocycles. The van der Waals surface area contributed by atoms with E-state index in [1.807, 2.05) is 27.7 Å². The predicted molar refractivity (Wildman–Crippen MR) is 65.9 cm³/mol. The summed E-state index contributed by atoms with van der Waals surface area (Å²) in [5.41, 5.74) is -1.07. The third-order valence-electron chi connectivity index (χ3n) is 2.68. The van der Waals surface area contributed by atoms with Crippen LogP contribution in [0.2, 0.25) is 0 Å². The van der Waals surface area contributed by atoms with Gasteiger partial charge in [0.2, 0.25) is 0 Å². The molecule has 1 rings (SSSR count). The third kappa shape index (κ3) is 3.10. The summed E-state index contributed by atoms with van der Waals surface area (Å²) in [7, 11) is 0. The average Bonchev–Trinajstić information content (AvgIpc) is 2.12. The molecule has 2 nitrogen and oxygen atoms in total. The molecule has 16 heavy (non-hydrogen) atoms. The molecule has 0 bridgehead atoms. The van der Waals surface area contributed by atoms with E-state index in [1.54, 1.807) is 0 Å². The van der Waals surface area contributed by atoms with Crippen LogP contribution in [0.1, 0.15) is 41.5 Å². The zero-order valence-corrected chi connectivity index (χ0v) is 11.1. The maximum Gasteiger partial charge on any atom is 0.169 e. The van der Waals surface area contributed by atoms with E-state index >= 15 is 0 Å². The summed E-state index contributed by atoms with van der Waals surface area (Å²) in [5, 5.41) is 0. The molecule has 0 fully saturated rings. The van der Waals surface area contributed by atoms with Crippen LogP contribution in [0.25, 0.3) is 0 Å². The Morgan fingerprint density at radius 1 is 1.25 bits per heavy atom. The van der Waals surface area contributed by atoms with Crippen molar-refractivity contribution in [3.63, 3.8) is 0 Å². The SMILES string of the molecule is C#CC(C)(C)OC1OC(C)(C)C=CC1(C)C. The second kappa shape index (κ2) is 3.91. The molecule has 1 aliphatic rings. The van der Waals surface area contributed by atoms with Crippen molar-refractivity contribution in [3.05, 3.63) is 12.2 Å². The van der Waals surface area contributed by atoms with Gasteiger partial charge in [-0.1, -0.05) is 31.9 Å². The quantitative estimate of drug-likeness (QED) is 0.528. The van der Waals surface area contributed by atoms with Crippen LogP contribution in [0.4, 0.5) is 0 Å². The van der Waals surface area contributed by atoms with Gasteiger partial charge < -0.3 is 9.47 Å². The minimum Gasteiger partial charge on any atom is -0.342 e. The van der Waals surface area contributed by atoms with E-state index in [9.17, 15) is 0 Å². The largest absolute Gasteiger partial charge is 0.342 e. The Morgan fingerprint density at radius 2 is 1.81 bits per heavy atom. The highest BCUT2D eigenvalue weighted by Crippen LogP contribution is 2.37. The molecule has 1 heterocycles. The lowest BCUT2D eigenvalue weighted by Gasteiger charge is -2.43. The molecule has 90 valence electrons. The van der Waals surface area contributed by atoms with Crippen LogP contribution in [0, 0.1) is 17.8 Å². The summed E-state index contributed by atoms with van der Waals surface area (Å²) in [5.74, 6) is 2.63. The smallest absolute Gasteiger partial charge is 0.169 e. The number of hydrogen-bond donors (Lipinski definition) is 0. The molecule has 0 amide bonds. The first kappa shape index (κ1) is 13.3. The molecule has 0 radical (unpaired) electrons. The normalized spacial score (nSPS) is 27.4. The lowest BCUT2D eigenvalue weighted by Crippen LogP contribution is -2.47. The zero-order chi connectivity index (χ0) is 12.6. The molecule has 0 aromatic carbocycles. The molecular weight excluding hydrogens is 200 g/mol. The van der Waals surface area contributed by atoms with Crippen molar-refractivity contribution in [2.75, 3.05) is 0 Å². The fourth-order valence-electron chi connectivity index (χ4n) is 1.44. The summed E-state index contributed by atoms with van der Waals surface area (Å²) >= 11 is 0. The van der Waals surface area contributed by atoms with Gasteiger partial charge in [-0.3, -0.25) is 0 Å². The van der Waals surface area contributed by atoms with Crippen LogP contribution in [0.15, 0.2) is 12.2 Å².